The Labute approximate surface area is 214 Å². The first-order valence-electron chi connectivity index (χ1n) is 15.0. The first kappa shape index (κ1) is 23.4. The lowest BCUT2D eigenvalue weighted by atomic mass is 9.48. The Balaban J connectivity index is 0.906. The van der Waals surface area contributed by atoms with Gasteiger partial charge in [-0.1, -0.05) is 0 Å². The minimum absolute atomic E-state index is 0.0117. The van der Waals surface area contributed by atoms with Crippen molar-refractivity contribution in [3.8, 4) is 0 Å². The normalized spacial score (nSPS) is 48.0. The van der Waals surface area contributed by atoms with Crippen molar-refractivity contribution in [1.29, 1.82) is 0 Å². The lowest BCUT2D eigenvalue weighted by Crippen LogP contribution is -2.56. The smallest absolute Gasteiger partial charge is 0.288 e. The molecule has 0 atom stereocenters. The number of amides is 2. The zero-order valence-corrected chi connectivity index (χ0v) is 21.6. The number of carbonyl (C=O) groups is 4. The van der Waals surface area contributed by atoms with Crippen molar-refractivity contribution in [2.75, 3.05) is 0 Å². The number of hydrogen-bond donors (Lipinski definition) is 2. The second kappa shape index (κ2) is 8.39. The van der Waals surface area contributed by atoms with Gasteiger partial charge in [0.05, 0.1) is 0 Å². The van der Waals surface area contributed by atoms with Crippen molar-refractivity contribution in [3.05, 3.63) is 0 Å². The third kappa shape index (κ3) is 3.88. The van der Waals surface area contributed by atoms with Crippen molar-refractivity contribution in [2.45, 2.75) is 115 Å². The zero-order valence-electron chi connectivity index (χ0n) is 21.6. The highest BCUT2D eigenvalue weighted by Crippen LogP contribution is 2.61. The maximum absolute atomic E-state index is 13.3. The summed E-state index contributed by atoms with van der Waals surface area (Å²) in [7, 11) is 0. The van der Waals surface area contributed by atoms with Crippen LogP contribution in [0.2, 0.25) is 0 Å². The molecule has 0 spiro atoms. The molecule has 6 nitrogen and oxygen atoms in total. The zero-order chi connectivity index (χ0) is 24.7. The van der Waals surface area contributed by atoms with Gasteiger partial charge in [0, 0.05) is 22.9 Å². The third-order valence-electron chi connectivity index (χ3n) is 11.8. The lowest BCUT2D eigenvalue weighted by molar-refractivity contribution is -0.154. The molecule has 9 rings (SSSR count). The summed E-state index contributed by atoms with van der Waals surface area (Å²) in [5, 5.41) is 6.12. The number of hydrogen-bond acceptors (Lipinski definition) is 4. The Morgan fingerprint density at radius 2 is 0.694 bits per heavy atom. The van der Waals surface area contributed by atoms with Crippen LogP contribution in [0.4, 0.5) is 0 Å². The van der Waals surface area contributed by atoms with Gasteiger partial charge in [0.1, 0.15) is 0 Å². The van der Waals surface area contributed by atoms with Gasteiger partial charge in [-0.2, -0.15) is 0 Å². The van der Waals surface area contributed by atoms with Crippen molar-refractivity contribution >= 4 is 23.4 Å². The summed E-state index contributed by atoms with van der Waals surface area (Å²) in [6.45, 7) is 0. The predicted octanol–water partition coefficient (Wildman–Crippen LogP) is 4.10. The summed E-state index contributed by atoms with van der Waals surface area (Å²) >= 11 is 0. The molecule has 9 aliphatic carbocycles. The first-order chi connectivity index (χ1) is 17.3. The number of Topliss-reactive ketones (excluding diaryl/α,β-unsaturated/α-hetero) is 2. The molecule has 0 radical (unpaired) electrons. The quantitative estimate of drug-likeness (QED) is 0.544. The van der Waals surface area contributed by atoms with E-state index in [1.54, 1.807) is 0 Å². The summed E-state index contributed by atoms with van der Waals surface area (Å²) in [6, 6.07) is -0.0234. The second-order valence-electron chi connectivity index (χ2n) is 14.5. The van der Waals surface area contributed by atoms with E-state index in [0.717, 1.165) is 64.2 Å². The van der Waals surface area contributed by atoms with Crippen molar-refractivity contribution in [2.24, 2.45) is 46.3 Å². The maximum atomic E-state index is 13.3. The third-order valence-corrected chi connectivity index (χ3v) is 11.8. The Morgan fingerprint density at radius 1 is 0.444 bits per heavy atom. The second-order valence-corrected chi connectivity index (χ2v) is 14.5. The van der Waals surface area contributed by atoms with Gasteiger partial charge in [-0.25, -0.2) is 0 Å². The molecule has 2 amide bonds. The van der Waals surface area contributed by atoms with Crippen LogP contribution in [0.5, 0.6) is 0 Å². The number of nitrogens with one attached hydrogen (secondary N) is 2. The van der Waals surface area contributed by atoms with Gasteiger partial charge in [0.25, 0.3) is 11.8 Å². The molecule has 0 aromatic carbocycles. The number of rotatable bonds is 6. The topological polar surface area (TPSA) is 92.3 Å². The average Bonchev–Trinajstić information content (AvgIpc) is 2.82. The molecule has 36 heavy (non-hydrogen) atoms. The molecule has 6 heteroatoms. The molecule has 0 heterocycles. The van der Waals surface area contributed by atoms with Gasteiger partial charge >= 0.3 is 0 Å². The highest BCUT2D eigenvalue weighted by Gasteiger charge is 2.57. The van der Waals surface area contributed by atoms with Crippen molar-refractivity contribution < 1.29 is 19.2 Å². The van der Waals surface area contributed by atoms with E-state index in [4.69, 9.17) is 0 Å². The fourth-order valence-electron chi connectivity index (χ4n) is 11.1. The SMILES string of the molecule is O=C(NC1CCC(NC(=O)C(=O)C23CC4CC(CC(C4)C2)C3)CC1)C(=O)C12CC3CC(CC(C3)C1)C2. The minimum atomic E-state index is -0.387. The highest BCUT2D eigenvalue weighted by molar-refractivity contribution is 6.38. The Kier molecular flexibility index (Phi) is 5.46. The standard InChI is InChI=1S/C30H42N2O4/c33-25(29-11-17-5-18(12-29)7-19(6-17)13-29)27(35)31-23-1-2-24(4-3-23)32-28(36)26(34)30-14-20-8-21(15-30)10-22(9-20)16-30/h17-24H,1-16H2,(H,31,35)(H,32,36). The monoisotopic (exact) mass is 494 g/mol. The minimum Gasteiger partial charge on any atom is -0.347 e. The molecule has 8 bridgehead atoms. The molecule has 0 aromatic rings. The van der Waals surface area contributed by atoms with Crippen LogP contribution < -0.4 is 10.6 Å². The predicted molar refractivity (Wildman–Crippen MR) is 134 cm³/mol. The summed E-state index contributed by atoms with van der Waals surface area (Å²) in [4.78, 5) is 52.6. The average molecular weight is 495 g/mol. The van der Waals surface area contributed by atoms with E-state index in [-0.39, 0.29) is 46.3 Å². The van der Waals surface area contributed by atoms with Crippen LogP contribution in [0, 0.1) is 46.3 Å². The van der Waals surface area contributed by atoms with Crippen molar-refractivity contribution in [1.82, 2.24) is 10.6 Å². The summed E-state index contributed by atoms with van der Waals surface area (Å²) in [5.74, 6) is 2.82. The molecule has 196 valence electrons. The Morgan fingerprint density at radius 3 is 0.944 bits per heavy atom. The largest absolute Gasteiger partial charge is 0.347 e. The van der Waals surface area contributed by atoms with Crippen LogP contribution in [0.15, 0.2) is 0 Å². The summed E-state index contributed by atoms with van der Waals surface area (Å²) in [6.07, 6.45) is 16.1. The molecule has 0 unspecified atom stereocenters. The van der Waals surface area contributed by atoms with Crippen molar-refractivity contribution in [3.63, 3.8) is 0 Å². The summed E-state index contributed by atoms with van der Waals surface area (Å²) < 4.78 is 0. The molecule has 0 saturated heterocycles. The van der Waals surface area contributed by atoms with Crippen LogP contribution in [0.1, 0.15) is 103 Å². The van der Waals surface area contributed by atoms with E-state index in [9.17, 15) is 19.2 Å². The molecule has 9 aliphatic rings. The molecule has 0 aliphatic heterocycles. The fourth-order valence-corrected chi connectivity index (χ4v) is 11.1. The molecule has 0 aromatic heterocycles. The molecule has 9 saturated carbocycles. The van der Waals surface area contributed by atoms with Crippen LogP contribution in [0.25, 0.3) is 0 Å². The first-order valence-corrected chi connectivity index (χ1v) is 15.0. The van der Waals surface area contributed by atoms with Crippen LogP contribution in [0.3, 0.4) is 0 Å². The van der Waals surface area contributed by atoms with E-state index >= 15 is 0 Å². The van der Waals surface area contributed by atoms with E-state index in [1.807, 2.05) is 0 Å². The Hall–Kier alpha value is -1.72. The van der Waals surface area contributed by atoms with E-state index in [1.165, 1.54) is 38.5 Å². The molecular formula is C30H42N2O4. The van der Waals surface area contributed by atoms with Gasteiger partial charge in [-0.3, -0.25) is 19.2 Å². The molecule has 9 fully saturated rings. The van der Waals surface area contributed by atoms with Crippen LogP contribution in [-0.2, 0) is 19.2 Å². The highest BCUT2D eigenvalue weighted by atomic mass is 16.2. The summed E-state index contributed by atoms with van der Waals surface area (Å²) in [5.41, 5.74) is -0.775. The van der Waals surface area contributed by atoms with Crippen LogP contribution in [-0.4, -0.2) is 35.5 Å². The fraction of sp³-hybridized carbons (Fsp3) is 0.867. The maximum Gasteiger partial charge on any atom is 0.288 e. The number of ketones is 2. The van der Waals surface area contributed by atoms with E-state index in [2.05, 4.69) is 10.6 Å². The van der Waals surface area contributed by atoms with E-state index in [0.29, 0.717) is 35.5 Å². The van der Waals surface area contributed by atoms with Gasteiger partial charge in [0.15, 0.2) is 0 Å². The van der Waals surface area contributed by atoms with Gasteiger partial charge in [0.2, 0.25) is 11.6 Å². The van der Waals surface area contributed by atoms with Gasteiger partial charge in [-0.05, 0) is 138 Å². The molecule has 2 N–H and O–H groups in total. The van der Waals surface area contributed by atoms with Gasteiger partial charge < -0.3 is 10.6 Å². The molecular weight excluding hydrogens is 452 g/mol. The number of carbonyl (C=O) groups excluding carboxylic acids is 4. The van der Waals surface area contributed by atoms with E-state index < -0.39 is 0 Å². The van der Waals surface area contributed by atoms with Crippen LogP contribution >= 0.6 is 0 Å². The Bertz CT molecular complexity index is 829. The van der Waals surface area contributed by atoms with Gasteiger partial charge in [-0.15, -0.1) is 0 Å². The lowest BCUT2D eigenvalue weighted by Gasteiger charge is -2.55.